The fourth-order valence-electron chi connectivity index (χ4n) is 1.45. The van der Waals surface area contributed by atoms with Crippen molar-refractivity contribution in [1.29, 1.82) is 5.26 Å². The molecule has 0 N–H and O–H groups in total. The number of hydrogen-bond acceptors (Lipinski definition) is 4. The molecule has 0 aromatic carbocycles. The first-order chi connectivity index (χ1) is 7.77. The average Bonchev–Trinajstić information content (AvgIpc) is 2.72. The maximum atomic E-state index is 11.6. The molecule has 80 valence electrons. The molecule has 0 unspecified atom stereocenters. The van der Waals surface area contributed by atoms with Crippen LogP contribution in [0.5, 0.6) is 0 Å². The summed E-state index contributed by atoms with van der Waals surface area (Å²) >= 11 is 0. The largest absolute Gasteiger partial charge is 0.461 e. The van der Waals surface area contributed by atoms with Crippen LogP contribution in [0, 0.1) is 11.3 Å². The van der Waals surface area contributed by atoms with Crippen LogP contribution in [0.15, 0.2) is 24.5 Å². The molecule has 0 aliphatic rings. The molecule has 0 bridgehead atoms. The number of fused-ring (bicyclic) bond motifs is 1. The van der Waals surface area contributed by atoms with E-state index in [9.17, 15) is 4.79 Å². The Morgan fingerprint density at radius 2 is 2.50 bits per heavy atom. The van der Waals surface area contributed by atoms with E-state index in [-0.39, 0.29) is 0 Å². The lowest BCUT2D eigenvalue weighted by molar-refractivity contribution is 0.0518. The molecule has 16 heavy (non-hydrogen) atoms. The minimum Gasteiger partial charge on any atom is -0.461 e. The molecular formula is C11H9N3O2. The molecule has 2 rings (SSSR count). The number of hydrogen-bond donors (Lipinski definition) is 0. The predicted molar refractivity (Wildman–Crippen MR) is 55.9 cm³/mol. The lowest BCUT2D eigenvalue weighted by Crippen LogP contribution is -2.07. The third-order valence-electron chi connectivity index (χ3n) is 2.14. The zero-order valence-corrected chi connectivity index (χ0v) is 8.67. The van der Waals surface area contributed by atoms with Crippen LogP contribution in [0.1, 0.15) is 23.0 Å². The highest BCUT2D eigenvalue weighted by Crippen LogP contribution is 2.11. The van der Waals surface area contributed by atoms with Crippen molar-refractivity contribution in [1.82, 2.24) is 9.38 Å². The van der Waals surface area contributed by atoms with Crippen molar-refractivity contribution < 1.29 is 9.53 Å². The summed E-state index contributed by atoms with van der Waals surface area (Å²) in [5, 5.41) is 8.87. The number of carbonyl (C=O) groups is 1. The topological polar surface area (TPSA) is 67.4 Å². The van der Waals surface area contributed by atoms with Gasteiger partial charge in [-0.2, -0.15) is 5.26 Å². The van der Waals surface area contributed by atoms with Crippen LogP contribution in [0.2, 0.25) is 0 Å². The minimum absolute atomic E-state index is 0.310. The highest BCUT2D eigenvalue weighted by molar-refractivity contribution is 5.88. The molecule has 0 spiro atoms. The number of aromatic nitrogens is 2. The number of esters is 1. The van der Waals surface area contributed by atoms with Crippen molar-refractivity contribution in [3.63, 3.8) is 0 Å². The lowest BCUT2D eigenvalue weighted by Gasteiger charge is -2.01. The standard InChI is InChI=1S/C11H9N3O2/c1-2-16-11(15)9-7-13-10-8(6-12)4-3-5-14(9)10/h3-5,7H,2H2,1H3. The van der Waals surface area contributed by atoms with Gasteiger partial charge in [0.25, 0.3) is 0 Å². The second-order valence-corrected chi connectivity index (χ2v) is 3.09. The van der Waals surface area contributed by atoms with Gasteiger partial charge in [0.05, 0.1) is 18.4 Å². The first-order valence-electron chi connectivity index (χ1n) is 4.81. The molecule has 0 aliphatic heterocycles. The highest BCUT2D eigenvalue weighted by Gasteiger charge is 2.14. The number of nitriles is 1. The van der Waals surface area contributed by atoms with Gasteiger partial charge in [-0.1, -0.05) is 0 Å². The number of carbonyl (C=O) groups excluding carboxylic acids is 1. The number of nitrogens with zero attached hydrogens (tertiary/aromatic N) is 3. The molecule has 0 saturated carbocycles. The predicted octanol–water partition coefficient (Wildman–Crippen LogP) is 1.38. The van der Waals surface area contributed by atoms with E-state index in [0.717, 1.165) is 0 Å². The van der Waals surface area contributed by atoms with Crippen molar-refractivity contribution >= 4 is 11.6 Å². The Bertz CT molecular complexity index is 580. The summed E-state index contributed by atoms with van der Waals surface area (Å²) in [6, 6.07) is 5.36. The lowest BCUT2D eigenvalue weighted by atomic mass is 10.3. The fraction of sp³-hybridized carbons (Fsp3) is 0.182. The van der Waals surface area contributed by atoms with Gasteiger partial charge in [-0.25, -0.2) is 9.78 Å². The van der Waals surface area contributed by atoms with Gasteiger partial charge in [-0.3, -0.25) is 4.40 Å². The molecule has 0 aliphatic carbocycles. The molecule has 0 atom stereocenters. The Morgan fingerprint density at radius 1 is 1.69 bits per heavy atom. The third-order valence-corrected chi connectivity index (χ3v) is 2.14. The number of imidazole rings is 1. The van der Waals surface area contributed by atoms with Crippen molar-refractivity contribution in [2.45, 2.75) is 6.92 Å². The molecule has 0 radical (unpaired) electrons. The smallest absolute Gasteiger partial charge is 0.356 e. The van der Waals surface area contributed by atoms with Crippen LogP contribution in [0.3, 0.4) is 0 Å². The molecule has 2 aromatic heterocycles. The summed E-state index contributed by atoms with van der Waals surface area (Å²) in [7, 11) is 0. The summed E-state index contributed by atoms with van der Waals surface area (Å²) in [5.41, 5.74) is 1.22. The number of ether oxygens (including phenoxy) is 1. The fourth-order valence-corrected chi connectivity index (χ4v) is 1.45. The van der Waals surface area contributed by atoms with E-state index in [4.69, 9.17) is 10.00 Å². The summed E-state index contributed by atoms with van der Waals surface area (Å²) in [6.45, 7) is 2.05. The van der Waals surface area contributed by atoms with E-state index in [0.29, 0.717) is 23.5 Å². The number of pyridine rings is 1. The van der Waals surface area contributed by atoms with Crippen LogP contribution in [-0.4, -0.2) is 22.0 Å². The van der Waals surface area contributed by atoms with Crippen LogP contribution in [0.4, 0.5) is 0 Å². The summed E-state index contributed by atoms with van der Waals surface area (Å²) in [5.74, 6) is -0.440. The maximum Gasteiger partial charge on any atom is 0.356 e. The third kappa shape index (κ3) is 1.50. The summed E-state index contributed by atoms with van der Waals surface area (Å²) in [6.07, 6.45) is 3.09. The monoisotopic (exact) mass is 215 g/mol. The molecule has 0 saturated heterocycles. The summed E-state index contributed by atoms with van der Waals surface area (Å²) in [4.78, 5) is 15.6. The van der Waals surface area contributed by atoms with E-state index < -0.39 is 5.97 Å². The minimum atomic E-state index is -0.440. The van der Waals surface area contributed by atoms with E-state index in [1.165, 1.54) is 6.20 Å². The Morgan fingerprint density at radius 3 is 3.19 bits per heavy atom. The van der Waals surface area contributed by atoms with Gasteiger partial charge in [0.15, 0.2) is 11.3 Å². The molecule has 0 amide bonds. The molecule has 2 aromatic rings. The second-order valence-electron chi connectivity index (χ2n) is 3.09. The van der Waals surface area contributed by atoms with Crippen LogP contribution < -0.4 is 0 Å². The van der Waals surface area contributed by atoms with Crippen LogP contribution in [0.25, 0.3) is 5.65 Å². The average molecular weight is 215 g/mol. The van der Waals surface area contributed by atoms with Gasteiger partial charge in [0.1, 0.15) is 6.07 Å². The van der Waals surface area contributed by atoms with E-state index in [1.54, 1.807) is 29.7 Å². The van der Waals surface area contributed by atoms with Crippen molar-refractivity contribution in [2.75, 3.05) is 6.61 Å². The maximum absolute atomic E-state index is 11.6. The summed E-state index contributed by atoms with van der Waals surface area (Å²) < 4.78 is 6.44. The van der Waals surface area contributed by atoms with Gasteiger partial charge in [0, 0.05) is 6.20 Å². The second kappa shape index (κ2) is 4.03. The Kier molecular flexibility index (Phi) is 2.56. The number of rotatable bonds is 2. The van der Waals surface area contributed by atoms with Gasteiger partial charge in [-0.15, -0.1) is 0 Å². The normalized spacial score (nSPS) is 10.0. The molecular weight excluding hydrogens is 206 g/mol. The molecule has 5 nitrogen and oxygen atoms in total. The van der Waals surface area contributed by atoms with Crippen molar-refractivity contribution in [3.05, 3.63) is 35.8 Å². The Hall–Kier alpha value is -2.35. The van der Waals surface area contributed by atoms with E-state index in [2.05, 4.69) is 4.98 Å². The SMILES string of the molecule is CCOC(=O)c1cnc2c(C#N)cccn12. The van der Waals surface area contributed by atoms with Crippen LogP contribution >= 0.6 is 0 Å². The molecule has 0 fully saturated rings. The van der Waals surface area contributed by atoms with Crippen LogP contribution in [-0.2, 0) is 4.74 Å². The zero-order valence-electron chi connectivity index (χ0n) is 8.67. The zero-order chi connectivity index (χ0) is 11.5. The van der Waals surface area contributed by atoms with Gasteiger partial charge in [-0.05, 0) is 19.1 Å². The van der Waals surface area contributed by atoms with E-state index >= 15 is 0 Å². The highest BCUT2D eigenvalue weighted by atomic mass is 16.5. The first kappa shape index (κ1) is 10.2. The molecule has 2 heterocycles. The van der Waals surface area contributed by atoms with Gasteiger partial charge < -0.3 is 4.74 Å². The van der Waals surface area contributed by atoms with Gasteiger partial charge >= 0.3 is 5.97 Å². The Balaban J connectivity index is 2.58. The molecule has 5 heteroatoms. The van der Waals surface area contributed by atoms with Crippen molar-refractivity contribution in [3.8, 4) is 6.07 Å². The van der Waals surface area contributed by atoms with Crippen molar-refractivity contribution in [2.24, 2.45) is 0 Å². The first-order valence-corrected chi connectivity index (χ1v) is 4.81. The van der Waals surface area contributed by atoms with Gasteiger partial charge in [0.2, 0.25) is 0 Å². The Labute approximate surface area is 91.9 Å². The van der Waals surface area contributed by atoms with E-state index in [1.807, 2.05) is 6.07 Å². The quantitative estimate of drug-likeness (QED) is 0.710.